The molecule has 0 radical (unpaired) electrons. The molecule has 1 heterocycles. The molecule has 0 atom stereocenters. The van der Waals surface area contributed by atoms with E-state index in [2.05, 4.69) is 327 Å². The predicted molar refractivity (Wildman–Crippen MR) is 433 cm³/mol. The molecule has 0 N–H and O–H groups in total. The number of halogens is 1. The van der Waals surface area contributed by atoms with Crippen LogP contribution in [0.15, 0.2) is 315 Å². The Balaban J connectivity index is 0.934. The molecule has 0 unspecified atom stereocenters. The molecule has 17 rings (SSSR count). The number of thiophene rings is 1. The maximum Gasteiger partial charge on any atom is 0.0725 e. The van der Waals surface area contributed by atoms with Gasteiger partial charge in [0.15, 0.2) is 0 Å². The van der Waals surface area contributed by atoms with Crippen molar-refractivity contribution in [3.05, 3.63) is 359 Å². The van der Waals surface area contributed by atoms with Crippen LogP contribution >= 0.6 is 22.9 Å². The molecule has 4 heteroatoms. The van der Waals surface area contributed by atoms with E-state index in [-0.39, 0.29) is 33.9 Å². The topological polar surface area (TPSA) is 6.48 Å². The molecule has 2 aliphatic rings. The quantitative estimate of drug-likeness (QED) is 0.127. The lowest BCUT2D eigenvalue weighted by molar-refractivity contribution is 0.569. The van der Waals surface area contributed by atoms with Crippen molar-refractivity contribution >= 4 is 77.2 Å². The second kappa shape index (κ2) is 24.5. The van der Waals surface area contributed by atoms with Gasteiger partial charge in [0.2, 0.25) is 0 Å². The zero-order valence-corrected chi connectivity index (χ0v) is 59.9. The number of anilines is 6. The van der Waals surface area contributed by atoms with Crippen LogP contribution in [0.1, 0.15) is 108 Å². The van der Waals surface area contributed by atoms with Gasteiger partial charge in [-0.25, -0.2) is 0 Å². The van der Waals surface area contributed by atoms with Gasteiger partial charge < -0.3 is 9.80 Å². The van der Waals surface area contributed by atoms with Gasteiger partial charge in [0, 0.05) is 59.9 Å². The van der Waals surface area contributed by atoms with Crippen LogP contribution in [0.2, 0.25) is 5.02 Å². The summed E-state index contributed by atoms with van der Waals surface area (Å²) in [5.41, 5.74) is 27.0. The molecule has 2 nitrogen and oxygen atoms in total. The Hall–Kier alpha value is -10.8. The van der Waals surface area contributed by atoms with Gasteiger partial charge in [-0.3, -0.25) is 0 Å². The van der Waals surface area contributed by atoms with Crippen molar-refractivity contribution in [1.82, 2.24) is 0 Å². The number of rotatable bonds is 11. The summed E-state index contributed by atoms with van der Waals surface area (Å²) in [7, 11) is 0. The van der Waals surface area contributed by atoms with Gasteiger partial charge in [-0.05, 0) is 177 Å². The van der Waals surface area contributed by atoms with E-state index in [0.717, 1.165) is 93.1 Å². The molecule has 0 amide bonds. The number of hydrogen-bond acceptors (Lipinski definition) is 3. The third-order valence-electron chi connectivity index (χ3n) is 20.8. The van der Waals surface area contributed by atoms with E-state index in [1.54, 1.807) is 11.3 Å². The Labute approximate surface area is 611 Å². The average Bonchev–Trinajstić information content (AvgIpc) is 1.50. The Kier molecular flexibility index (Phi) is 14.1. The summed E-state index contributed by atoms with van der Waals surface area (Å²) in [5.74, 6) is 0. The third kappa shape index (κ3) is 10.8. The Morgan fingerprint density at radius 2 is 0.752 bits per heavy atom. The van der Waals surface area contributed by atoms with Gasteiger partial charge in [0.05, 0.1) is 28.3 Å². The standard InChI is InChI=1S/C97H79ClN2S/c1-94(2,3)68-52-67(53-69(56-68)95(4,5)6)66-37-26-39-73(55-66)100(91-83(63-32-15-11-16-33-63)57-70(96(7,8)9)58-84(91)64-34-17-12-18-35-64)75-60-71(98)59-74(61-75)99(72-38-25-36-65(54-72)62-30-13-10-14-31-62)89-51-29-46-81-80-45-27-44-79(92(80)101-93(81)89)78-43-28-50-88-90(78)82-42-21-24-49-87(82)97(88)85-47-22-19-40-76(85)77-41-20-23-48-86(77)97/h10-61H,1-9H3/i10D,13D,14D,30D,31D. The summed E-state index contributed by atoms with van der Waals surface area (Å²) < 4.78 is 47.3. The molecule has 0 aliphatic heterocycles. The van der Waals surface area contributed by atoms with Crippen molar-refractivity contribution in [3.8, 4) is 77.9 Å². The highest BCUT2D eigenvalue weighted by atomic mass is 35.5. The molecular weight excluding hydrogens is 1260 g/mol. The molecule has 0 fully saturated rings. The lowest BCUT2D eigenvalue weighted by Crippen LogP contribution is -2.25. The summed E-state index contributed by atoms with van der Waals surface area (Å²) in [6, 6.07) is 102. The van der Waals surface area contributed by atoms with Crippen molar-refractivity contribution in [2.75, 3.05) is 9.80 Å². The van der Waals surface area contributed by atoms with E-state index in [0.29, 0.717) is 16.3 Å². The van der Waals surface area contributed by atoms with Crippen LogP contribution in [0.5, 0.6) is 0 Å². The summed E-state index contributed by atoms with van der Waals surface area (Å²) in [5, 5.41) is 2.67. The minimum atomic E-state index is -0.523. The molecule has 1 aromatic heterocycles. The predicted octanol–water partition coefficient (Wildman–Crippen LogP) is 28.2. The van der Waals surface area contributed by atoms with Crippen LogP contribution < -0.4 is 9.80 Å². The molecule has 0 saturated carbocycles. The fourth-order valence-corrected chi connectivity index (χ4v) is 17.4. The third-order valence-corrected chi connectivity index (χ3v) is 22.3. The Morgan fingerprint density at radius 3 is 1.34 bits per heavy atom. The van der Waals surface area contributed by atoms with Gasteiger partial charge in [0.1, 0.15) is 0 Å². The first-order chi connectivity index (χ1) is 51.0. The first-order valence-electron chi connectivity index (χ1n) is 37.5. The van der Waals surface area contributed by atoms with Gasteiger partial charge in [-0.2, -0.15) is 0 Å². The molecule has 2 aliphatic carbocycles. The van der Waals surface area contributed by atoms with Gasteiger partial charge in [-0.1, -0.05) is 329 Å². The van der Waals surface area contributed by atoms with E-state index in [9.17, 15) is 2.74 Å². The normalized spacial score (nSPS) is 13.6. The summed E-state index contributed by atoms with van der Waals surface area (Å²) >= 11 is 9.71. The number of hydrogen-bond donors (Lipinski definition) is 0. The number of benzene rings is 14. The van der Waals surface area contributed by atoms with Crippen LogP contribution in [0.3, 0.4) is 0 Å². The van der Waals surface area contributed by atoms with Crippen molar-refractivity contribution in [1.29, 1.82) is 0 Å². The maximum absolute atomic E-state index is 9.35. The minimum Gasteiger partial charge on any atom is -0.309 e. The molecule has 490 valence electrons. The van der Waals surface area contributed by atoms with E-state index in [1.807, 2.05) is 30.3 Å². The zero-order valence-electron chi connectivity index (χ0n) is 63.3. The van der Waals surface area contributed by atoms with Crippen molar-refractivity contribution in [2.45, 2.75) is 84.0 Å². The maximum atomic E-state index is 9.35. The van der Waals surface area contributed by atoms with Crippen LogP contribution in [0.25, 0.3) is 98.1 Å². The fraction of sp³-hybridized carbons (Fsp3) is 0.134. The number of nitrogens with zero attached hydrogens (tertiary/aromatic N) is 2. The second-order valence-corrected chi connectivity index (χ2v) is 31.7. The van der Waals surface area contributed by atoms with Crippen molar-refractivity contribution in [2.24, 2.45) is 0 Å². The van der Waals surface area contributed by atoms with E-state index in [1.165, 1.54) is 61.2 Å². The van der Waals surface area contributed by atoms with Crippen molar-refractivity contribution < 1.29 is 6.85 Å². The molecule has 14 aromatic carbocycles. The summed E-state index contributed by atoms with van der Waals surface area (Å²) in [6.45, 7) is 20.6. The second-order valence-electron chi connectivity index (χ2n) is 30.2. The minimum absolute atomic E-state index is 0.113. The highest BCUT2D eigenvalue weighted by Crippen LogP contribution is 2.65. The summed E-state index contributed by atoms with van der Waals surface area (Å²) in [4.78, 5) is 4.66. The Morgan fingerprint density at radius 1 is 0.317 bits per heavy atom. The van der Waals surface area contributed by atoms with Crippen LogP contribution in [-0.4, -0.2) is 0 Å². The first-order valence-corrected chi connectivity index (χ1v) is 36.2. The smallest absolute Gasteiger partial charge is 0.0725 e. The average molecular weight is 1350 g/mol. The molecule has 0 bridgehead atoms. The summed E-state index contributed by atoms with van der Waals surface area (Å²) in [6.07, 6.45) is 0. The van der Waals surface area contributed by atoms with E-state index in [4.69, 9.17) is 15.7 Å². The fourth-order valence-electron chi connectivity index (χ4n) is 15.9. The van der Waals surface area contributed by atoms with Gasteiger partial charge >= 0.3 is 0 Å². The van der Waals surface area contributed by atoms with Crippen LogP contribution in [0.4, 0.5) is 34.1 Å². The zero-order chi connectivity index (χ0) is 73.5. The van der Waals surface area contributed by atoms with Crippen LogP contribution in [-0.2, 0) is 21.7 Å². The monoisotopic (exact) mass is 1340 g/mol. The highest BCUT2D eigenvalue weighted by Gasteiger charge is 2.52. The van der Waals surface area contributed by atoms with Crippen LogP contribution in [0, 0.1) is 0 Å². The molecule has 15 aromatic rings. The van der Waals surface area contributed by atoms with E-state index >= 15 is 0 Å². The molecule has 101 heavy (non-hydrogen) atoms. The van der Waals surface area contributed by atoms with Gasteiger partial charge in [-0.15, -0.1) is 11.3 Å². The SMILES string of the molecule is [2H]c1c([2H])c([2H])c(-c2cccc(N(c3cc(Cl)cc(N(c4cccc(-c5cc(C(C)(C)C)cc(C(C)(C)C)c5)c4)c4c(-c5ccccc5)cc(C(C)(C)C)cc4-c4ccccc4)c3)c3cccc4c3sc3c(-c5cccc6c5-c5ccccc5C65c6ccccc6-c6ccccc65)cccc34)c2)c([2H])c1[2H]. The lowest BCUT2D eigenvalue weighted by Gasteiger charge is -2.34. The van der Waals surface area contributed by atoms with E-state index < -0.39 is 23.5 Å². The highest BCUT2D eigenvalue weighted by molar-refractivity contribution is 7.27. The number of fused-ring (bicyclic) bond motifs is 13. The first kappa shape index (κ1) is 58.0. The van der Waals surface area contributed by atoms with Gasteiger partial charge in [0.25, 0.3) is 0 Å². The molecule has 1 spiro atoms. The molecular formula is C97H79ClN2S. The molecule has 0 saturated heterocycles. The Bertz CT molecular complexity index is 5910. The lowest BCUT2D eigenvalue weighted by atomic mass is 9.70. The van der Waals surface area contributed by atoms with Crippen molar-refractivity contribution in [3.63, 3.8) is 0 Å². The largest absolute Gasteiger partial charge is 0.309 e.